The van der Waals surface area contributed by atoms with Crippen LogP contribution in [0.1, 0.15) is 38.7 Å². The van der Waals surface area contributed by atoms with Gasteiger partial charge < -0.3 is 5.11 Å². The minimum Gasteiger partial charge on any atom is -0.390 e. The van der Waals surface area contributed by atoms with Gasteiger partial charge in [-0.2, -0.15) is 0 Å². The number of aliphatic hydroxyl groups is 1. The molecule has 90 valence electrons. The monoisotopic (exact) mass is 244 g/mol. The predicted molar refractivity (Wildman–Crippen MR) is 65.3 cm³/mol. The van der Waals surface area contributed by atoms with E-state index >= 15 is 0 Å². The molecule has 0 aliphatic rings. The van der Waals surface area contributed by atoms with Gasteiger partial charge in [-0.25, -0.2) is 4.39 Å². The van der Waals surface area contributed by atoms with Crippen molar-refractivity contribution in [2.45, 2.75) is 45.1 Å². The molecule has 0 heterocycles. The highest BCUT2D eigenvalue weighted by atomic mass is 35.5. The summed E-state index contributed by atoms with van der Waals surface area (Å²) in [7, 11) is 0. The first kappa shape index (κ1) is 13.5. The molecule has 0 bridgehead atoms. The van der Waals surface area contributed by atoms with Gasteiger partial charge in [0.1, 0.15) is 5.82 Å². The SMILES string of the molecule is CCCC(O)(CC)Cc1cccc(Cl)c1F. The summed E-state index contributed by atoms with van der Waals surface area (Å²) in [5.41, 5.74) is -0.328. The Kier molecular flexibility index (Phi) is 4.75. The maximum Gasteiger partial charge on any atom is 0.145 e. The Balaban J connectivity index is 2.90. The lowest BCUT2D eigenvalue weighted by atomic mass is 9.88. The highest BCUT2D eigenvalue weighted by molar-refractivity contribution is 6.30. The van der Waals surface area contributed by atoms with E-state index in [1.807, 2.05) is 13.8 Å². The van der Waals surface area contributed by atoms with Gasteiger partial charge in [-0.15, -0.1) is 0 Å². The van der Waals surface area contributed by atoms with Gasteiger partial charge in [0.25, 0.3) is 0 Å². The molecule has 1 aromatic rings. The normalized spacial score (nSPS) is 14.8. The summed E-state index contributed by atoms with van der Waals surface area (Å²) in [6, 6.07) is 4.91. The Morgan fingerprint density at radius 2 is 2.06 bits per heavy atom. The molecule has 0 saturated heterocycles. The van der Waals surface area contributed by atoms with E-state index in [0.717, 1.165) is 6.42 Å². The minimum atomic E-state index is -0.819. The van der Waals surface area contributed by atoms with Gasteiger partial charge in [0.05, 0.1) is 10.6 Å². The predicted octanol–water partition coefficient (Wildman–Crippen LogP) is 3.96. The average molecular weight is 245 g/mol. The molecular formula is C13H18ClFO. The molecule has 3 heteroatoms. The summed E-state index contributed by atoms with van der Waals surface area (Å²) < 4.78 is 13.7. The van der Waals surface area contributed by atoms with Crippen molar-refractivity contribution in [2.24, 2.45) is 0 Å². The second-order valence-corrected chi connectivity index (χ2v) is 4.62. The van der Waals surface area contributed by atoms with Gasteiger partial charge in [-0.05, 0) is 24.5 Å². The van der Waals surface area contributed by atoms with Crippen molar-refractivity contribution in [1.82, 2.24) is 0 Å². The van der Waals surface area contributed by atoms with E-state index in [1.165, 1.54) is 6.07 Å². The molecule has 0 aliphatic carbocycles. The fraction of sp³-hybridized carbons (Fsp3) is 0.538. The van der Waals surface area contributed by atoms with Crippen molar-refractivity contribution in [3.8, 4) is 0 Å². The largest absolute Gasteiger partial charge is 0.390 e. The van der Waals surface area contributed by atoms with Gasteiger partial charge in [0.2, 0.25) is 0 Å². The molecule has 1 N–H and O–H groups in total. The van der Waals surface area contributed by atoms with Crippen molar-refractivity contribution < 1.29 is 9.50 Å². The maximum atomic E-state index is 13.7. The van der Waals surface area contributed by atoms with Crippen LogP contribution in [0.3, 0.4) is 0 Å². The van der Waals surface area contributed by atoms with Crippen LogP contribution in [0.2, 0.25) is 5.02 Å². The summed E-state index contributed by atoms with van der Waals surface area (Å²) in [4.78, 5) is 0. The van der Waals surface area contributed by atoms with Crippen LogP contribution in [-0.4, -0.2) is 10.7 Å². The number of benzene rings is 1. The smallest absolute Gasteiger partial charge is 0.145 e. The zero-order valence-corrected chi connectivity index (χ0v) is 10.5. The lowest BCUT2D eigenvalue weighted by Crippen LogP contribution is -2.30. The molecule has 1 rings (SSSR count). The van der Waals surface area contributed by atoms with Crippen molar-refractivity contribution in [3.05, 3.63) is 34.6 Å². The molecule has 0 amide bonds. The first-order valence-corrected chi connectivity index (χ1v) is 6.05. The van der Waals surface area contributed by atoms with E-state index in [-0.39, 0.29) is 5.02 Å². The van der Waals surface area contributed by atoms with Crippen LogP contribution in [0.15, 0.2) is 18.2 Å². The average Bonchev–Trinajstić information content (AvgIpc) is 2.25. The van der Waals surface area contributed by atoms with Crippen molar-refractivity contribution in [1.29, 1.82) is 0 Å². The molecule has 0 fully saturated rings. The zero-order valence-electron chi connectivity index (χ0n) is 9.76. The van der Waals surface area contributed by atoms with Crippen LogP contribution >= 0.6 is 11.6 Å². The molecule has 0 aliphatic heterocycles. The van der Waals surface area contributed by atoms with Gasteiger partial charge in [-0.1, -0.05) is 44.0 Å². The molecule has 1 aromatic carbocycles. The number of halogens is 2. The Morgan fingerprint density at radius 1 is 1.38 bits per heavy atom. The van der Waals surface area contributed by atoms with Crippen LogP contribution in [-0.2, 0) is 6.42 Å². The first-order valence-electron chi connectivity index (χ1n) is 5.67. The first-order chi connectivity index (χ1) is 7.52. The van der Waals surface area contributed by atoms with Crippen LogP contribution < -0.4 is 0 Å². The van der Waals surface area contributed by atoms with E-state index < -0.39 is 11.4 Å². The second-order valence-electron chi connectivity index (χ2n) is 4.22. The third kappa shape index (κ3) is 3.19. The van der Waals surface area contributed by atoms with Crippen LogP contribution in [0.4, 0.5) is 4.39 Å². The van der Waals surface area contributed by atoms with Crippen LogP contribution in [0, 0.1) is 5.82 Å². The van der Waals surface area contributed by atoms with Gasteiger partial charge >= 0.3 is 0 Å². The third-order valence-corrected chi connectivity index (χ3v) is 3.22. The molecule has 0 aromatic heterocycles. The summed E-state index contributed by atoms with van der Waals surface area (Å²) in [5.74, 6) is -0.410. The number of rotatable bonds is 5. The highest BCUT2D eigenvalue weighted by Crippen LogP contribution is 2.26. The fourth-order valence-electron chi connectivity index (χ4n) is 1.90. The van der Waals surface area contributed by atoms with E-state index in [0.29, 0.717) is 24.8 Å². The van der Waals surface area contributed by atoms with E-state index in [4.69, 9.17) is 11.6 Å². The Bertz CT molecular complexity index is 354. The van der Waals surface area contributed by atoms with E-state index in [1.54, 1.807) is 12.1 Å². The van der Waals surface area contributed by atoms with Gasteiger partial charge in [-0.3, -0.25) is 0 Å². The molecule has 1 unspecified atom stereocenters. The highest BCUT2D eigenvalue weighted by Gasteiger charge is 2.25. The van der Waals surface area contributed by atoms with Crippen LogP contribution in [0.5, 0.6) is 0 Å². The topological polar surface area (TPSA) is 20.2 Å². The maximum absolute atomic E-state index is 13.7. The lowest BCUT2D eigenvalue weighted by molar-refractivity contribution is 0.0263. The van der Waals surface area contributed by atoms with Crippen molar-refractivity contribution >= 4 is 11.6 Å². The summed E-state index contributed by atoms with van der Waals surface area (Å²) >= 11 is 5.71. The minimum absolute atomic E-state index is 0.118. The van der Waals surface area contributed by atoms with Crippen molar-refractivity contribution in [3.63, 3.8) is 0 Å². The molecule has 16 heavy (non-hydrogen) atoms. The fourth-order valence-corrected chi connectivity index (χ4v) is 2.09. The standard InChI is InChI=1S/C13H18ClFO/c1-3-8-13(16,4-2)9-10-6-5-7-11(14)12(10)15/h5-7,16H,3-4,8-9H2,1-2H3. The Morgan fingerprint density at radius 3 is 2.62 bits per heavy atom. The van der Waals surface area contributed by atoms with Gasteiger partial charge in [0, 0.05) is 6.42 Å². The summed E-state index contributed by atoms with van der Waals surface area (Å²) in [5, 5.41) is 10.4. The molecule has 1 nitrogen and oxygen atoms in total. The quantitative estimate of drug-likeness (QED) is 0.831. The van der Waals surface area contributed by atoms with E-state index in [2.05, 4.69) is 0 Å². The van der Waals surface area contributed by atoms with Crippen LogP contribution in [0.25, 0.3) is 0 Å². The van der Waals surface area contributed by atoms with E-state index in [9.17, 15) is 9.50 Å². The zero-order chi connectivity index (χ0) is 12.2. The summed E-state index contributed by atoms with van der Waals surface area (Å²) in [6.45, 7) is 3.92. The number of hydrogen-bond acceptors (Lipinski definition) is 1. The molecule has 0 radical (unpaired) electrons. The summed E-state index contributed by atoms with van der Waals surface area (Å²) in [6.07, 6.45) is 2.50. The molecular weight excluding hydrogens is 227 g/mol. The molecule has 0 spiro atoms. The Hall–Kier alpha value is -0.600. The number of hydrogen-bond donors (Lipinski definition) is 1. The Labute approximate surface area is 101 Å². The molecule has 1 atom stereocenters. The van der Waals surface area contributed by atoms with Crippen molar-refractivity contribution in [2.75, 3.05) is 0 Å². The van der Waals surface area contributed by atoms with Gasteiger partial charge in [0.15, 0.2) is 0 Å². The second kappa shape index (κ2) is 5.65. The third-order valence-electron chi connectivity index (χ3n) is 2.92. The lowest BCUT2D eigenvalue weighted by Gasteiger charge is -2.26. The molecule has 0 saturated carbocycles.